The van der Waals surface area contributed by atoms with Crippen molar-refractivity contribution in [3.8, 4) is 17.2 Å². The highest BCUT2D eigenvalue weighted by molar-refractivity contribution is 6.12. The molecule has 29 heavy (non-hydrogen) atoms. The van der Waals surface area contributed by atoms with E-state index in [-0.39, 0.29) is 6.10 Å². The summed E-state index contributed by atoms with van der Waals surface area (Å²) in [5.74, 6) is 2.34. The van der Waals surface area contributed by atoms with Crippen LogP contribution in [0.2, 0.25) is 0 Å². The lowest BCUT2D eigenvalue weighted by atomic mass is 9.83. The maximum Gasteiger partial charge on any atom is 0.161 e. The van der Waals surface area contributed by atoms with Crippen molar-refractivity contribution in [2.45, 2.75) is 31.5 Å². The normalized spacial score (nSPS) is 21.2. The van der Waals surface area contributed by atoms with Gasteiger partial charge in [0.05, 0.1) is 27.4 Å². The minimum absolute atomic E-state index is 0.0645. The first-order valence-corrected chi connectivity index (χ1v) is 10.1. The van der Waals surface area contributed by atoms with Crippen molar-refractivity contribution in [1.29, 1.82) is 0 Å². The molecule has 1 saturated heterocycles. The van der Waals surface area contributed by atoms with E-state index >= 15 is 0 Å². The molecule has 0 aliphatic carbocycles. The third-order valence-corrected chi connectivity index (χ3v) is 6.64. The molecule has 0 unspecified atom stereocenters. The molecule has 1 fully saturated rings. The molecule has 0 N–H and O–H groups in total. The van der Waals surface area contributed by atoms with Crippen LogP contribution < -0.4 is 14.2 Å². The van der Waals surface area contributed by atoms with Gasteiger partial charge in [0.25, 0.3) is 0 Å². The molecular formula is C24H27NO4. The lowest BCUT2D eigenvalue weighted by Crippen LogP contribution is -2.39. The molecule has 2 aliphatic rings. The highest BCUT2D eigenvalue weighted by Crippen LogP contribution is 2.48. The summed E-state index contributed by atoms with van der Waals surface area (Å²) in [5, 5.41) is 4.75. The topological polar surface area (TPSA) is 40.2 Å². The van der Waals surface area contributed by atoms with Gasteiger partial charge in [-0.15, -0.1) is 0 Å². The zero-order chi connectivity index (χ0) is 20.1. The van der Waals surface area contributed by atoms with E-state index in [9.17, 15) is 0 Å². The van der Waals surface area contributed by atoms with Crippen LogP contribution in [0.5, 0.6) is 17.2 Å². The standard InChI is InChI=1S/C24H27NO4/c1-26-14-7-8-15-16(10-14)17-11-21(27-2)22(28-3)12-18(17)19-13-25-9-5-6-20(25)24(29-4)23(15)19/h7-8,10-12,20,24H,5-6,9,13H2,1-4H3/t20-,24-/m0/s1. The Morgan fingerprint density at radius 1 is 0.828 bits per heavy atom. The van der Waals surface area contributed by atoms with Crippen molar-refractivity contribution in [3.05, 3.63) is 41.5 Å². The molecule has 5 heteroatoms. The maximum absolute atomic E-state index is 6.12. The average molecular weight is 393 g/mol. The van der Waals surface area contributed by atoms with E-state index in [1.165, 1.54) is 34.7 Å². The van der Waals surface area contributed by atoms with Gasteiger partial charge in [0, 0.05) is 19.7 Å². The van der Waals surface area contributed by atoms with Gasteiger partial charge in [0.1, 0.15) is 5.75 Å². The van der Waals surface area contributed by atoms with Gasteiger partial charge >= 0.3 is 0 Å². The van der Waals surface area contributed by atoms with E-state index < -0.39 is 0 Å². The second-order valence-electron chi connectivity index (χ2n) is 7.89. The van der Waals surface area contributed by atoms with Crippen molar-refractivity contribution in [1.82, 2.24) is 4.90 Å². The average Bonchev–Trinajstić information content (AvgIpc) is 3.24. The molecule has 152 valence electrons. The summed E-state index contributed by atoms with van der Waals surface area (Å²) in [6.07, 6.45) is 2.47. The van der Waals surface area contributed by atoms with E-state index in [0.717, 1.165) is 41.1 Å². The number of hydrogen-bond acceptors (Lipinski definition) is 5. The van der Waals surface area contributed by atoms with E-state index in [2.05, 4.69) is 29.2 Å². The van der Waals surface area contributed by atoms with Crippen LogP contribution in [0.25, 0.3) is 21.5 Å². The molecular weight excluding hydrogens is 366 g/mol. The SMILES string of the molecule is COc1ccc2c3c(c4cc(OC)c(OC)cc4c2c1)CN1CCC[C@H]1[C@@H]3OC. The minimum Gasteiger partial charge on any atom is -0.497 e. The molecule has 2 aliphatic heterocycles. The van der Waals surface area contributed by atoms with Crippen molar-refractivity contribution in [3.63, 3.8) is 0 Å². The van der Waals surface area contributed by atoms with Gasteiger partial charge < -0.3 is 18.9 Å². The Kier molecular flexibility index (Phi) is 4.52. The monoisotopic (exact) mass is 393 g/mol. The summed E-state index contributed by atoms with van der Waals surface area (Å²) < 4.78 is 22.9. The lowest BCUT2D eigenvalue weighted by molar-refractivity contribution is 0.0164. The molecule has 3 aromatic rings. The Labute approximate surface area is 171 Å². The molecule has 5 nitrogen and oxygen atoms in total. The highest BCUT2D eigenvalue weighted by atomic mass is 16.5. The van der Waals surface area contributed by atoms with Gasteiger partial charge in [-0.1, -0.05) is 6.07 Å². The van der Waals surface area contributed by atoms with Crippen LogP contribution in [-0.4, -0.2) is 45.9 Å². The summed E-state index contributed by atoms with van der Waals surface area (Å²) in [6.45, 7) is 2.06. The quantitative estimate of drug-likeness (QED) is 0.602. The van der Waals surface area contributed by atoms with Crippen molar-refractivity contribution < 1.29 is 18.9 Å². The van der Waals surface area contributed by atoms with Crippen LogP contribution in [0.15, 0.2) is 30.3 Å². The van der Waals surface area contributed by atoms with E-state index in [0.29, 0.717) is 6.04 Å². The summed E-state index contributed by atoms with van der Waals surface area (Å²) in [6, 6.07) is 11.0. The van der Waals surface area contributed by atoms with Gasteiger partial charge in [-0.05, 0) is 76.3 Å². The van der Waals surface area contributed by atoms with Gasteiger partial charge in [-0.2, -0.15) is 0 Å². The third kappa shape index (κ3) is 2.68. The van der Waals surface area contributed by atoms with Crippen LogP contribution in [-0.2, 0) is 11.3 Å². The van der Waals surface area contributed by atoms with Crippen molar-refractivity contribution in [2.24, 2.45) is 0 Å². The van der Waals surface area contributed by atoms with Crippen LogP contribution in [0.3, 0.4) is 0 Å². The number of rotatable bonds is 4. The number of ether oxygens (including phenoxy) is 4. The molecule has 0 bridgehead atoms. The summed E-state index contributed by atoms with van der Waals surface area (Å²) in [7, 11) is 6.92. The van der Waals surface area contributed by atoms with Gasteiger partial charge in [0.15, 0.2) is 11.5 Å². The first-order valence-electron chi connectivity index (χ1n) is 10.1. The lowest BCUT2D eigenvalue weighted by Gasteiger charge is -2.39. The third-order valence-electron chi connectivity index (χ3n) is 6.64. The van der Waals surface area contributed by atoms with Crippen molar-refractivity contribution in [2.75, 3.05) is 35.0 Å². The fraction of sp³-hybridized carbons (Fsp3) is 0.417. The zero-order valence-corrected chi connectivity index (χ0v) is 17.5. The molecule has 2 atom stereocenters. The minimum atomic E-state index is 0.0645. The molecule has 0 spiro atoms. The van der Waals surface area contributed by atoms with E-state index in [1.807, 2.05) is 13.2 Å². The predicted octanol–water partition coefficient (Wildman–Crippen LogP) is 4.68. The van der Waals surface area contributed by atoms with E-state index in [1.54, 1.807) is 21.3 Å². The second-order valence-corrected chi connectivity index (χ2v) is 7.89. The molecule has 0 radical (unpaired) electrons. The Balaban J connectivity index is 1.92. The van der Waals surface area contributed by atoms with Crippen LogP contribution in [0, 0.1) is 0 Å². The first kappa shape index (κ1) is 18.5. The number of benzene rings is 3. The van der Waals surface area contributed by atoms with Gasteiger partial charge in [0.2, 0.25) is 0 Å². The molecule has 3 aromatic carbocycles. The zero-order valence-electron chi connectivity index (χ0n) is 17.5. The molecule has 2 heterocycles. The number of hydrogen-bond donors (Lipinski definition) is 0. The van der Waals surface area contributed by atoms with E-state index in [4.69, 9.17) is 18.9 Å². The fourth-order valence-corrected chi connectivity index (χ4v) is 5.32. The smallest absolute Gasteiger partial charge is 0.161 e. The Bertz CT molecular complexity index is 1090. The second kappa shape index (κ2) is 7.08. The Hall–Kier alpha value is -2.50. The summed E-state index contributed by atoms with van der Waals surface area (Å²) in [5.41, 5.74) is 2.65. The fourth-order valence-electron chi connectivity index (χ4n) is 5.32. The Morgan fingerprint density at radius 3 is 2.24 bits per heavy atom. The highest BCUT2D eigenvalue weighted by Gasteiger charge is 2.40. The van der Waals surface area contributed by atoms with Crippen LogP contribution in [0.4, 0.5) is 0 Å². The maximum atomic E-state index is 6.12. The number of fused-ring (bicyclic) bond motifs is 7. The first-order chi connectivity index (χ1) is 14.2. The Morgan fingerprint density at radius 2 is 1.55 bits per heavy atom. The molecule has 0 amide bonds. The van der Waals surface area contributed by atoms with Crippen LogP contribution in [0.1, 0.15) is 30.1 Å². The number of nitrogens with zero attached hydrogens (tertiary/aromatic N) is 1. The predicted molar refractivity (Wildman–Crippen MR) is 114 cm³/mol. The summed E-state index contributed by atoms with van der Waals surface area (Å²) in [4.78, 5) is 2.57. The molecule has 0 saturated carbocycles. The summed E-state index contributed by atoms with van der Waals surface area (Å²) >= 11 is 0. The molecule has 0 aromatic heterocycles. The van der Waals surface area contributed by atoms with Gasteiger partial charge in [-0.3, -0.25) is 4.90 Å². The largest absolute Gasteiger partial charge is 0.497 e. The van der Waals surface area contributed by atoms with Crippen molar-refractivity contribution >= 4 is 21.5 Å². The van der Waals surface area contributed by atoms with Crippen LogP contribution >= 0.6 is 0 Å². The number of methoxy groups -OCH3 is 4. The van der Waals surface area contributed by atoms with Gasteiger partial charge in [-0.25, -0.2) is 0 Å². The molecule has 5 rings (SSSR count).